The molecule has 1 amide bonds. The van der Waals surface area contributed by atoms with Crippen molar-refractivity contribution in [2.75, 3.05) is 13.1 Å². The number of nitrogens with one attached hydrogen (secondary N) is 1. The van der Waals surface area contributed by atoms with Crippen LogP contribution >= 0.6 is 0 Å². The van der Waals surface area contributed by atoms with Crippen LogP contribution in [0.5, 0.6) is 5.75 Å². The van der Waals surface area contributed by atoms with Crippen LogP contribution < -0.4 is 4.74 Å². The Bertz CT molecular complexity index is 944. The summed E-state index contributed by atoms with van der Waals surface area (Å²) in [6, 6.07) is 12.4. The van der Waals surface area contributed by atoms with Gasteiger partial charge in [-0.2, -0.15) is 13.9 Å². The molecule has 0 bridgehead atoms. The Labute approximate surface area is 154 Å². The zero-order valence-electron chi connectivity index (χ0n) is 14.6. The van der Waals surface area contributed by atoms with Gasteiger partial charge in [-0.15, -0.1) is 0 Å². The van der Waals surface area contributed by atoms with Crippen LogP contribution in [0.3, 0.4) is 0 Å². The summed E-state index contributed by atoms with van der Waals surface area (Å²) in [6.45, 7) is -1.89. The average molecular weight is 371 g/mol. The third-order valence-corrected chi connectivity index (χ3v) is 4.97. The van der Waals surface area contributed by atoms with E-state index in [-0.39, 0.29) is 23.1 Å². The molecular formula is C20H19F2N3O2. The van der Waals surface area contributed by atoms with Crippen LogP contribution in [0.1, 0.15) is 34.8 Å². The van der Waals surface area contributed by atoms with Crippen molar-refractivity contribution in [2.24, 2.45) is 0 Å². The predicted octanol–water partition coefficient (Wildman–Crippen LogP) is 4.18. The van der Waals surface area contributed by atoms with Gasteiger partial charge >= 0.3 is 6.61 Å². The number of piperidine rings is 1. The maximum Gasteiger partial charge on any atom is 0.387 e. The van der Waals surface area contributed by atoms with Crippen LogP contribution in [0.15, 0.2) is 48.7 Å². The molecule has 2 heterocycles. The summed E-state index contributed by atoms with van der Waals surface area (Å²) in [5, 5.41) is 8.49. The lowest BCUT2D eigenvalue weighted by Crippen LogP contribution is -2.39. The van der Waals surface area contributed by atoms with Gasteiger partial charge in [-0.3, -0.25) is 9.89 Å². The molecule has 0 radical (unpaired) electrons. The van der Waals surface area contributed by atoms with Gasteiger partial charge in [-0.1, -0.05) is 24.3 Å². The molecule has 7 heteroatoms. The highest BCUT2D eigenvalue weighted by atomic mass is 19.3. The van der Waals surface area contributed by atoms with E-state index in [1.54, 1.807) is 23.2 Å². The molecule has 3 aromatic rings. The topological polar surface area (TPSA) is 58.2 Å². The Morgan fingerprint density at radius 1 is 1.22 bits per heavy atom. The molecular weight excluding hydrogens is 352 g/mol. The van der Waals surface area contributed by atoms with Crippen molar-refractivity contribution in [3.63, 3.8) is 0 Å². The fourth-order valence-corrected chi connectivity index (χ4v) is 3.66. The normalized spacial score (nSPS) is 17.4. The van der Waals surface area contributed by atoms with Gasteiger partial charge in [0.25, 0.3) is 5.91 Å². The third-order valence-electron chi connectivity index (χ3n) is 4.97. The largest absolute Gasteiger partial charge is 0.434 e. The fourth-order valence-electron chi connectivity index (χ4n) is 3.66. The molecule has 1 atom stereocenters. The van der Waals surface area contributed by atoms with E-state index in [2.05, 4.69) is 14.9 Å². The number of aromatic nitrogens is 2. The summed E-state index contributed by atoms with van der Waals surface area (Å²) in [5.74, 6) is -0.219. The molecule has 1 N–H and O–H groups in total. The minimum absolute atomic E-state index is 0.0858. The van der Waals surface area contributed by atoms with Crippen LogP contribution in [0.2, 0.25) is 0 Å². The van der Waals surface area contributed by atoms with Crippen LogP contribution in [0.4, 0.5) is 8.78 Å². The van der Waals surface area contributed by atoms with E-state index in [1.807, 2.05) is 24.3 Å². The van der Waals surface area contributed by atoms with E-state index >= 15 is 0 Å². The molecule has 1 fully saturated rings. The fraction of sp³-hybridized carbons (Fsp3) is 0.300. The Morgan fingerprint density at radius 3 is 2.70 bits per heavy atom. The van der Waals surface area contributed by atoms with E-state index in [0.717, 1.165) is 29.3 Å². The molecule has 140 valence electrons. The molecule has 0 saturated carbocycles. The minimum Gasteiger partial charge on any atom is -0.434 e. The molecule has 1 aliphatic rings. The predicted molar refractivity (Wildman–Crippen MR) is 97.0 cm³/mol. The van der Waals surface area contributed by atoms with E-state index in [4.69, 9.17) is 0 Å². The summed E-state index contributed by atoms with van der Waals surface area (Å²) >= 11 is 0. The SMILES string of the molecule is O=C(c1cc2ccccc2cc1OC(F)F)N1CCCC(c2ccn[nH]2)C1. The van der Waals surface area contributed by atoms with Gasteiger partial charge < -0.3 is 9.64 Å². The monoisotopic (exact) mass is 371 g/mol. The lowest BCUT2D eigenvalue weighted by Gasteiger charge is -2.32. The number of likely N-dealkylation sites (tertiary alicyclic amines) is 1. The number of fused-ring (bicyclic) bond motifs is 1. The van der Waals surface area contributed by atoms with Gasteiger partial charge in [-0.05, 0) is 41.8 Å². The number of H-pyrrole nitrogens is 1. The number of ether oxygens (including phenoxy) is 1. The van der Waals surface area contributed by atoms with Crippen molar-refractivity contribution >= 4 is 16.7 Å². The molecule has 1 aliphatic heterocycles. The molecule has 1 unspecified atom stereocenters. The Balaban J connectivity index is 1.66. The maximum absolute atomic E-state index is 13.1. The number of hydrogen-bond donors (Lipinski definition) is 1. The number of hydrogen-bond acceptors (Lipinski definition) is 3. The first-order chi connectivity index (χ1) is 13.1. The smallest absolute Gasteiger partial charge is 0.387 e. The van der Waals surface area contributed by atoms with Crippen molar-refractivity contribution in [1.29, 1.82) is 0 Å². The first-order valence-corrected chi connectivity index (χ1v) is 8.88. The number of nitrogens with zero attached hydrogens (tertiary/aromatic N) is 2. The number of halogens is 2. The van der Waals surface area contributed by atoms with E-state index in [1.165, 1.54) is 6.07 Å². The third kappa shape index (κ3) is 3.63. The Kier molecular flexibility index (Phi) is 4.75. The first-order valence-electron chi connectivity index (χ1n) is 8.88. The van der Waals surface area contributed by atoms with Gasteiger partial charge in [0.05, 0.1) is 5.56 Å². The molecule has 0 aliphatic carbocycles. The van der Waals surface area contributed by atoms with Gasteiger partial charge in [0, 0.05) is 30.9 Å². The molecule has 4 rings (SSSR count). The molecule has 5 nitrogen and oxygen atoms in total. The van der Waals surface area contributed by atoms with Crippen molar-refractivity contribution in [2.45, 2.75) is 25.4 Å². The molecule has 2 aromatic carbocycles. The second-order valence-corrected chi connectivity index (χ2v) is 6.68. The lowest BCUT2D eigenvalue weighted by molar-refractivity contribution is -0.0502. The van der Waals surface area contributed by atoms with E-state index in [9.17, 15) is 13.6 Å². The number of alkyl halides is 2. The van der Waals surface area contributed by atoms with Gasteiger partial charge in [-0.25, -0.2) is 0 Å². The highest BCUT2D eigenvalue weighted by Gasteiger charge is 2.28. The zero-order valence-corrected chi connectivity index (χ0v) is 14.6. The molecule has 1 saturated heterocycles. The number of amides is 1. The number of rotatable bonds is 4. The standard InChI is InChI=1S/C20H19F2N3O2/c21-20(22)27-18-11-14-5-2-1-4-13(14)10-16(18)19(26)25-9-3-6-15(12-25)17-7-8-23-24-17/h1-2,4-5,7-8,10-11,15,20H,3,6,9,12H2,(H,23,24). The van der Waals surface area contributed by atoms with Gasteiger partial charge in [0.15, 0.2) is 0 Å². The summed E-state index contributed by atoms with van der Waals surface area (Å²) in [7, 11) is 0. The van der Waals surface area contributed by atoms with Crippen LogP contribution in [-0.4, -0.2) is 40.7 Å². The van der Waals surface area contributed by atoms with Crippen LogP contribution in [0.25, 0.3) is 10.8 Å². The highest BCUT2D eigenvalue weighted by Crippen LogP contribution is 2.31. The van der Waals surface area contributed by atoms with Gasteiger partial charge in [0.1, 0.15) is 5.75 Å². The maximum atomic E-state index is 13.1. The van der Waals surface area contributed by atoms with Crippen LogP contribution in [-0.2, 0) is 0 Å². The van der Waals surface area contributed by atoms with E-state index in [0.29, 0.717) is 13.1 Å². The number of carbonyl (C=O) groups is 1. The zero-order chi connectivity index (χ0) is 18.8. The Morgan fingerprint density at radius 2 is 2.00 bits per heavy atom. The second kappa shape index (κ2) is 7.34. The summed E-state index contributed by atoms with van der Waals surface area (Å²) in [4.78, 5) is 14.8. The molecule has 27 heavy (non-hydrogen) atoms. The Hall–Kier alpha value is -2.96. The minimum atomic E-state index is -2.99. The van der Waals surface area contributed by atoms with Crippen LogP contribution in [0, 0.1) is 0 Å². The van der Waals surface area contributed by atoms with Crippen molar-refractivity contribution in [1.82, 2.24) is 15.1 Å². The quantitative estimate of drug-likeness (QED) is 0.748. The van der Waals surface area contributed by atoms with Crippen molar-refractivity contribution in [3.8, 4) is 5.75 Å². The summed E-state index contributed by atoms with van der Waals surface area (Å²) in [6.07, 6.45) is 3.48. The summed E-state index contributed by atoms with van der Waals surface area (Å²) < 4.78 is 30.5. The van der Waals surface area contributed by atoms with Crippen molar-refractivity contribution in [3.05, 3.63) is 59.9 Å². The summed E-state index contributed by atoms with van der Waals surface area (Å²) in [5.41, 5.74) is 1.15. The number of aromatic amines is 1. The molecule has 1 aromatic heterocycles. The molecule has 0 spiro atoms. The average Bonchev–Trinajstić information content (AvgIpc) is 3.21. The first kappa shape index (κ1) is 17.5. The van der Waals surface area contributed by atoms with Crippen molar-refractivity contribution < 1.29 is 18.3 Å². The number of benzene rings is 2. The van der Waals surface area contributed by atoms with E-state index < -0.39 is 6.61 Å². The lowest BCUT2D eigenvalue weighted by atomic mass is 9.94. The number of carbonyl (C=O) groups excluding carboxylic acids is 1. The second-order valence-electron chi connectivity index (χ2n) is 6.68. The highest BCUT2D eigenvalue weighted by molar-refractivity contribution is 6.01. The van der Waals surface area contributed by atoms with Gasteiger partial charge in [0.2, 0.25) is 0 Å².